The maximum absolute atomic E-state index is 13.1. The molecule has 41 heavy (non-hydrogen) atoms. The van der Waals surface area contributed by atoms with Crippen LogP contribution in [-0.2, 0) is 9.59 Å². The van der Waals surface area contributed by atoms with Crippen LogP contribution in [0.15, 0.2) is 66.7 Å². The van der Waals surface area contributed by atoms with Gasteiger partial charge >= 0.3 is 0 Å². The van der Waals surface area contributed by atoms with Gasteiger partial charge in [0.2, 0.25) is 0 Å². The molecule has 1 fully saturated rings. The first-order valence-electron chi connectivity index (χ1n) is 13.1. The molecule has 1 atom stereocenters. The normalized spacial score (nSPS) is 15.0. The zero-order valence-corrected chi connectivity index (χ0v) is 22.1. The van der Waals surface area contributed by atoms with Crippen molar-refractivity contribution in [2.24, 2.45) is 0 Å². The molecule has 0 radical (unpaired) electrons. The van der Waals surface area contributed by atoms with Crippen molar-refractivity contribution in [1.82, 2.24) is 4.90 Å². The molecule has 206 valence electrons. The number of nitro benzene ring substituents is 1. The number of nitrogens with one attached hydrogen (secondary N) is 1. The summed E-state index contributed by atoms with van der Waals surface area (Å²) in [5.74, 6) is -1.12. The molecule has 0 aliphatic carbocycles. The van der Waals surface area contributed by atoms with Crippen molar-refractivity contribution in [3.8, 4) is 11.5 Å². The van der Waals surface area contributed by atoms with Gasteiger partial charge in [-0.25, -0.2) is 0 Å². The summed E-state index contributed by atoms with van der Waals surface area (Å²) in [5.41, 5.74) is -0.112. The number of benzene rings is 5. The zero-order chi connectivity index (χ0) is 28.7. The van der Waals surface area contributed by atoms with Crippen LogP contribution >= 0.6 is 0 Å². The van der Waals surface area contributed by atoms with Gasteiger partial charge in [-0.3, -0.25) is 19.7 Å². The monoisotopic (exact) mass is 551 g/mol. The molecule has 1 aliphatic heterocycles. The molecule has 1 N–H and O–H groups in total. The largest absolute Gasteiger partial charge is 0.493 e. The predicted octanol–water partition coefficient (Wildman–Crippen LogP) is 5.32. The van der Waals surface area contributed by atoms with E-state index in [1.54, 1.807) is 0 Å². The number of amides is 2. The minimum atomic E-state index is -0.698. The van der Waals surface area contributed by atoms with Crippen LogP contribution in [0.25, 0.3) is 32.3 Å². The molecule has 6 rings (SSSR count). The third-order valence-corrected chi connectivity index (χ3v) is 7.59. The van der Waals surface area contributed by atoms with Crippen molar-refractivity contribution in [2.75, 3.05) is 25.6 Å². The van der Waals surface area contributed by atoms with E-state index in [0.29, 0.717) is 31.4 Å². The number of hydrogen-bond acceptors (Lipinski definition) is 7. The molecule has 5 aromatic carbocycles. The third-order valence-electron chi connectivity index (χ3n) is 7.59. The van der Waals surface area contributed by atoms with Crippen LogP contribution in [0.2, 0.25) is 0 Å². The fraction of sp³-hybridized carbons (Fsp3) is 0.194. The lowest BCUT2D eigenvalue weighted by molar-refractivity contribution is -0.385. The van der Waals surface area contributed by atoms with Crippen molar-refractivity contribution in [3.63, 3.8) is 0 Å². The molecule has 2 amide bonds. The van der Waals surface area contributed by atoms with Crippen LogP contribution < -0.4 is 14.8 Å². The Morgan fingerprint density at radius 2 is 1.73 bits per heavy atom. The predicted molar refractivity (Wildman–Crippen MR) is 154 cm³/mol. The number of nitro groups is 1. The highest BCUT2D eigenvalue weighted by atomic mass is 16.6. The van der Waals surface area contributed by atoms with E-state index in [1.807, 2.05) is 30.3 Å². The van der Waals surface area contributed by atoms with Crippen LogP contribution in [0.3, 0.4) is 0 Å². The average Bonchev–Trinajstić information content (AvgIpc) is 3.48. The minimum absolute atomic E-state index is 0.0522. The lowest BCUT2D eigenvalue weighted by Crippen LogP contribution is -2.36. The maximum Gasteiger partial charge on any atom is 0.286 e. The molecule has 0 spiro atoms. The molecule has 1 saturated heterocycles. The van der Waals surface area contributed by atoms with Gasteiger partial charge in [0.15, 0.2) is 18.1 Å². The number of rotatable bonds is 8. The Hall–Kier alpha value is -5.25. The zero-order valence-electron chi connectivity index (χ0n) is 22.1. The van der Waals surface area contributed by atoms with E-state index >= 15 is 0 Å². The highest BCUT2D eigenvalue weighted by molar-refractivity contribution is 6.25. The van der Waals surface area contributed by atoms with E-state index < -0.39 is 35.1 Å². The number of ether oxygens (including phenoxy) is 2. The van der Waals surface area contributed by atoms with Crippen molar-refractivity contribution < 1.29 is 28.8 Å². The van der Waals surface area contributed by atoms with Crippen LogP contribution in [0.5, 0.6) is 11.5 Å². The molecule has 10 heteroatoms. The number of carbonyl (C=O) groups excluding carboxylic acids is 3. The lowest BCUT2D eigenvalue weighted by Gasteiger charge is -2.21. The smallest absolute Gasteiger partial charge is 0.286 e. The summed E-state index contributed by atoms with van der Waals surface area (Å²) >= 11 is 0. The first kappa shape index (κ1) is 26.0. The van der Waals surface area contributed by atoms with Crippen molar-refractivity contribution in [1.29, 1.82) is 0 Å². The molecule has 10 nitrogen and oxygen atoms in total. The fourth-order valence-electron chi connectivity index (χ4n) is 5.66. The van der Waals surface area contributed by atoms with E-state index in [4.69, 9.17) is 9.47 Å². The quantitative estimate of drug-likeness (QED) is 0.120. The number of methoxy groups -OCH3 is 1. The second-order valence-electron chi connectivity index (χ2n) is 9.93. The highest BCUT2D eigenvalue weighted by Crippen LogP contribution is 2.38. The second-order valence-corrected chi connectivity index (χ2v) is 9.93. The summed E-state index contributed by atoms with van der Waals surface area (Å²) in [6.07, 6.45) is 1.80. The Morgan fingerprint density at radius 1 is 1.02 bits per heavy atom. The first-order chi connectivity index (χ1) is 19.9. The standard InChI is InChI=1S/C31H25N3O7/c1-40-26-14-23(31(37)33-13-3-6-21(33)16-35)25(34(38)39)15-27(26)41-17-28(36)32-24-12-10-20-8-7-18-4-2-5-19-9-11-22(24)30(20)29(18)19/h2,4-5,7-12,14-16,21H,3,6,13,17H2,1H3,(H,32,36)/t21-/m0/s1. The highest BCUT2D eigenvalue weighted by Gasteiger charge is 2.34. The van der Waals surface area contributed by atoms with E-state index in [1.165, 1.54) is 18.1 Å². The molecule has 0 saturated carbocycles. The van der Waals surface area contributed by atoms with Crippen molar-refractivity contribution in [2.45, 2.75) is 18.9 Å². The third kappa shape index (κ3) is 4.53. The number of hydrogen-bond donors (Lipinski definition) is 1. The summed E-state index contributed by atoms with van der Waals surface area (Å²) in [4.78, 5) is 50.0. The molecule has 0 bridgehead atoms. The van der Waals surface area contributed by atoms with Gasteiger partial charge in [-0.05, 0) is 45.8 Å². The van der Waals surface area contributed by atoms with Crippen molar-refractivity contribution >= 4 is 61.8 Å². The summed E-state index contributed by atoms with van der Waals surface area (Å²) in [6, 6.07) is 19.7. The van der Waals surface area contributed by atoms with Crippen LogP contribution in [-0.4, -0.2) is 54.2 Å². The van der Waals surface area contributed by atoms with E-state index in [9.17, 15) is 24.5 Å². The number of carbonyl (C=O) groups is 3. The van der Waals surface area contributed by atoms with Gasteiger partial charge < -0.3 is 24.5 Å². The molecule has 0 unspecified atom stereocenters. The van der Waals surface area contributed by atoms with Gasteiger partial charge in [0.05, 0.1) is 24.1 Å². The molecule has 5 aromatic rings. The van der Waals surface area contributed by atoms with Crippen molar-refractivity contribution in [3.05, 3.63) is 82.4 Å². The number of likely N-dealkylation sites (tertiary alicyclic amines) is 1. The van der Waals surface area contributed by atoms with E-state index in [-0.39, 0.29) is 17.1 Å². The number of anilines is 1. The van der Waals surface area contributed by atoms with Gasteiger partial charge in [0.1, 0.15) is 11.8 Å². The van der Waals surface area contributed by atoms with Gasteiger partial charge in [-0.2, -0.15) is 0 Å². The first-order valence-corrected chi connectivity index (χ1v) is 13.1. The number of nitrogens with zero attached hydrogens (tertiary/aromatic N) is 2. The summed E-state index contributed by atoms with van der Waals surface area (Å²) < 4.78 is 11.0. The Morgan fingerprint density at radius 3 is 2.44 bits per heavy atom. The van der Waals surface area contributed by atoms with Gasteiger partial charge in [-0.15, -0.1) is 0 Å². The fourth-order valence-corrected chi connectivity index (χ4v) is 5.66. The molecule has 0 aromatic heterocycles. The van der Waals surface area contributed by atoms with Gasteiger partial charge in [0.25, 0.3) is 17.5 Å². The summed E-state index contributed by atoms with van der Waals surface area (Å²) in [7, 11) is 1.33. The average molecular weight is 552 g/mol. The lowest BCUT2D eigenvalue weighted by atomic mass is 9.93. The Balaban J connectivity index is 1.25. The van der Waals surface area contributed by atoms with Crippen LogP contribution in [0.4, 0.5) is 11.4 Å². The Kier molecular flexibility index (Phi) is 6.58. The SMILES string of the molecule is COc1cc(C(=O)N2CCC[C@H]2C=O)c([N+](=O)[O-])cc1OCC(=O)Nc1ccc2ccc3cccc4ccc1c2c34. The molecule has 1 heterocycles. The molecular formula is C31H25N3O7. The maximum atomic E-state index is 13.1. The second kappa shape index (κ2) is 10.4. The summed E-state index contributed by atoms with van der Waals surface area (Å²) in [6.45, 7) is -0.134. The van der Waals surface area contributed by atoms with Gasteiger partial charge in [0, 0.05) is 23.7 Å². The Labute approximate surface area is 233 Å². The Bertz CT molecular complexity index is 1840. The molecule has 1 aliphatic rings. The van der Waals surface area contributed by atoms with Gasteiger partial charge in [-0.1, -0.05) is 48.5 Å². The minimum Gasteiger partial charge on any atom is -0.493 e. The summed E-state index contributed by atoms with van der Waals surface area (Å²) in [5, 5.41) is 21.1. The molecular weight excluding hydrogens is 526 g/mol. The van der Waals surface area contributed by atoms with E-state index in [2.05, 4.69) is 29.6 Å². The topological polar surface area (TPSA) is 128 Å². The number of aldehydes is 1. The van der Waals surface area contributed by atoms with Crippen LogP contribution in [0.1, 0.15) is 23.2 Å². The van der Waals surface area contributed by atoms with E-state index in [0.717, 1.165) is 38.4 Å². The van der Waals surface area contributed by atoms with Crippen LogP contribution in [0, 0.1) is 10.1 Å².